The van der Waals surface area contributed by atoms with Crippen LogP contribution >= 0.6 is 11.8 Å². The van der Waals surface area contributed by atoms with Crippen molar-refractivity contribution in [2.45, 2.75) is 24.0 Å². The summed E-state index contributed by atoms with van der Waals surface area (Å²) in [5.41, 5.74) is 2.68. The van der Waals surface area contributed by atoms with Gasteiger partial charge in [-0.3, -0.25) is 0 Å². The molecule has 0 aromatic heterocycles. The molecular weight excluding hydrogens is 224 g/mol. The number of aryl methyl sites for hydroxylation is 1. The number of benzene rings is 2. The molecule has 0 amide bonds. The number of hydrogen-bond acceptors (Lipinski definition) is 1. The third-order valence-corrected chi connectivity index (χ3v) is 4.06. The van der Waals surface area contributed by atoms with Crippen molar-refractivity contribution in [1.82, 2.24) is 0 Å². The standard InChI is InChI=1S/C16H17S/c1-3-16(14-11-9-13(2)10-12-14)17-15-7-5-4-6-8-15/h3-12,16H,1-2H3/t16-/m1/s1. The van der Waals surface area contributed by atoms with E-state index in [1.165, 1.54) is 16.0 Å². The van der Waals surface area contributed by atoms with Crippen molar-refractivity contribution in [3.05, 3.63) is 72.1 Å². The molecule has 0 heterocycles. The number of rotatable bonds is 4. The minimum atomic E-state index is 0.429. The first-order chi connectivity index (χ1) is 8.29. The Bertz CT molecular complexity index is 445. The SMILES string of the molecule is C[CH][C@@H](Sc1ccccc1)c1ccc(C)cc1. The molecule has 2 aromatic carbocycles. The largest absolute Gasteiger partial charge is 0.118 e. The van der Waals surface area contributed by atoms with Crippen LogP contribution in [0.4, 0.5) is 0 Å². The van der Waals surface area contributed by atoms with Crippen LogP contribution < -0.4 is 0 Å². The lowest BCUT2D eigenvalue weighted by atomic mass is 10.1. The molecule has 0 aliphatic carbocycles. The highest BCUT2D eigenvalue weighted by Crippen LogP contribution is 2.36. The fourth-order valence-corrected chi connectivity index (χ4v) is 2.77. The van der Waals surface area contributed by atoms with Crippen molar-refractivity contribution in [2.75, 3.05) is 0 Å². The summed E-state index contributed by atoms with van der Waals surface area (Å²) >= 11 is 1.89. The molecule has 0 saturated heterocycles. The molecule has 0 aliphatic rings. The van der Waals surface area contributed by atoms with Crippen molar-refractivity contribution in [3.63, 3.8) is 0 Å². The zero-order valence-electron chi connectivity index (χ0n) is 10.3. The van der Waals surface area contributed by atoms with E-state index in [0.29, 0.717) is 5.25 Å². The van der Waals surface area contributed by atoms with Gasteiger partial charge in [-0.1, -0.05) is 55.0 Å². The summed E-state index contributed by atoms with van der Waals surface area (Å²) in [5, 5.41) is 0.429. The quantitative estimate of drug-likeness (QED) is 0.675. The molecule has 1 radical (unpaired) electrons. The van der Waals surface area contributed by atoms with E-state index in [9.17, 15) is 0 Å². The highest BCUT2D eigenvalue weighted by atomic mass is 32.2. The van der Waals surface area contributed by atoms with Crippen LogP contribution in [0, 0.1) is 13.3 Å². The van der Waals surface area contributed by atoms with Gasteiger partial charge < -0.3 is 0 Å². The van der Waals surface area contributed by atoms with Crippen LogP contribution in [-0.4, -0.2) is 0 Å². The molecule has 0 fully saturated rings. The average molecular weight is 241 g/mol. The predicted octanol–water partition coefficient (Wildman–Crippen LogP) is 5.05. The molecule has 17 heavy (non-hydrogen) atoms. The minimum absolute atomic E-state index is 0.429. The van der Waals surface area contributed by atoms with Gasteiger partial charge in [0.2, 0.25) is 0 Å². The van der Waals surface area contributed by atoms with E-state index < -0.39 is 0 Å². The Morgan fingerprint density at radius 1 is 0.941 bits per heavy atom. The molecule has 2 rings (SSSR count). The van der Waals surface area contributed by atoms with Crippen LogP contribution in [0.3, 0.4) is 0 Å². The van der Waals surface area contributed by atoms with E-state index in [-0.39, 0.29) is 0 Å². The maximum absolute atomic E-state index is 2.25. The Balaban J connectivity index is 2.14. The predicted molar refractivity (Wildman–Crippen MR) is 76.2 cm³/mol. The Labute approximate surface area is 108 Å². The van der Waals surface area contributed by atoms with Gasteiger partial charge in [0.05, 0.1) is 0 Å². The molecule has 0 saturated carbocycles. The van der Waals surface area contributed by atoms with Crippen LogP contribution in [0.5, 0.6) is 0 Å². The summed E-state index contributed by atoms with van der Waals surface area (Å²) < 4.78 is 0. The first kappa shape index (κ1) is 12.3. The van der Waals surface area contributed by atoms with Crippen molar-refractivity contribution in [3.8, 4) is 0 Å². The van der Waals surface area contributed by atoms with Crippen molar-refractivity contribution in [1.29, 1.82) is 0 Å². The van der Waals surface area contributed by atoms with Crippen molar-refractivity contribution < 1.29 is 0 Å². The lowest BCUT2D eigenvalue weighted by molar-refractivity contribution is 1.10. The zero-order valence-corrected chi connectivity index (χ0v) is 11.1. The Kier molecular flexibility index (Phi) is 4.27. The average Bonchev–Trinajstić information content (AvgIpc) is 2.38. The second kappa shape index (κ2) is 5.92. The smallest absolute Gasteiger partial charge is 0.0373 e. The maximum Gasteiger partial charge on any atom is 0.0373 e. The normalized spacial score (nSPS) is 12.4. The van der Waals surface area contributed by atoms with Gasteiger partial charge in [-0.2, -0.15) is 0 Å². The second-order valence-electron chi connectivity index (χ2n) is 4.10. The summed E-state index contributed by atoms with van der Waals surface area (Å²) in [4.78, 5) is 1.32. The molecule has 0 bridgehead atoms. The van der Waals surface area contributed by atoms with Crippen LogP contribution in [0.15, 0.2) is 59.5 Å². The molecule has 0 aliphatic heterocycles. The summed E-state index contributed by atoms with van der Waals surface area (Å²) in [6, 6.07) is 19.3. The Hall–Kier alpha value is -1.21. The molecule has 0 spiro atoms. The van der Waals surface area contributed by atoms with Gasteiger partial charge >= 0.3 is 0 Å². The van der Waals surface area contributed by atoms with E-state index in [1.807, 2.05) is 11.8 Å². The van der Waals surface area contributed by atoms with Crippen LogP contribution in [0.25, 0.3) is 0 Å². The maximum atomic E-state index is 2.25. The monoisotopic (exact) mass is 241 g/mol. The van der Waals surface area contributed by atoms with Crippen molar-refractivity contribution >= 4 is 11.8 Å². The van der Waals surface area contributed by atoms with E-state index in [2.05, 4.69) is 74.9 Å². The topological polar surface area (TPSA) is 0 Å². The lowest BCUT2D eigenvalue weighted by Gasteiger charge is -2.15. The van der Waals surface area contributed by atoms with Gasteiger partial charge in [0.15, 0.2) is 0 Å². The first-order valence-electron chi connectivity index (χ1n) is 5.87. The molecule has 0 nitrogen and oxygen atoms in total. The van der Waals surface area contributed by atoms with Gasteiger partial charge in [0, 0.05) is 10.1 Å². The Morgan fingerprint density at radius 3 is 2.18 bits per heavy atom. The highest BCUT2D eigenvalue weighted by Gasteiger charge is 2.10. The fourth-order valence-electron chi connectivity index (χ4n) is 1.73. The zero-order chi connectivity index (χ0) is 12.1. The minimum Gasteiger partial charge on any atom is -0.118 e. The fraction of sp³-hybridized carbons (Fsp3) is 0.188. The van der Waals surface area contributed by atoms with E-state index in [0.717, 1.165) is 0 Å². The van der Waals surface area contributed by atoms with Gasteiger partial charge in [-0.25, -0.2) is 0 Å². The third-order valence-electron chi connectivity index (χ3n) is 2.71. The highest BCUT2D eigenvalue weighted by molar-refractivity contribution is 7.99. The van der Waals surface area contributed by atoms with Gasteiger partial charge in [-0.15, -0.1) is 11.8 Å². The van der Waals surface area contributed by atoms with E-state index >= 15 is 0 Å². The first-order valence-corrected chi connectivity index (χ1v) is 6.75. The molecule has 0 unspecified atom stereocenters. The molecule has 1 atom stereocenters. The van der Waals surface area contributed by atoms with Crippen LogP contribution in [-0.2, 0) is 0 Å². The number of thioether (sulfide) groups is 1. The third kappa shape index (κ3) is 3.37. The molecule has 0 N–H and O–H groups in total. The summed E-state index contributed by atoms with van der Waals surface area (Å²) in [5.74, 6) is 0. The number of hydrogen-bond donors (Lipinski definition) is 0. The summed E-state index contributed by atoms with van der Waals surface area (Å²) in [6.07, 6.45) is 2.25. The molecule has 1 heteroatoms. The summed E-state index contributed by atoms with van der Waals surface area (Å²) in [7, 11) is 0. The van der Waals surface area contributed by atoms with Gasteiger partial charge in [-0.05, 0) is 31.0 Å². The van der Waals surface area contributed by atoms with Gasteiger partial charge in [0.25, 0.3) is 0 Å². The van der Waals surface area contributed by atoms with Gasteiger partial charge in [0.1, 0.15) is 0 Å². The van der Waals surface area contributed by atoms with E-state index in [1.54, 1.807) is 0 Å². The Morgan fingerprint density at radius 2 is 1.59 bits per heavy atom. The molecule has 2 aromatic rings. The molecule has 87 valence electrons. The summed E-state index contributed by atoms with van der Waals surface area (Å²) in [6.45, 7) is 4.25. The van der Waals surface area contributed by atoms with Crippen molar-refractivity contribution in [2.24, 2.45) is 0 Å². The molecular formula is C16H17S. The lowest BCUT2D eigenvalue weighted by Crippen LogP contribution is -1.92. The second-order valence-corrected chi connectivity index (χ2v) is 5.31. The van der Waals surface area contributed by atoms with Crippen LogP contribution in [0.1, 0.15) is 23.3 Å². The van der Waals surface area contributed by atoms with E-state index in [4.69, 9.17) is 0 Å². The van der Waals surface area contributed by atoms with Crippen LogP contribution in [0.2, 0.25) is 0 Å².